The van der Waals surface area contributed by atoms with Crippen LogP contribution in [0.15, 0.2) is 127 Å². The van der Waals surface area contributed by atoms with Crippen LogP contribution in [0.4, 0.5) is 0 Å². The Morgan fingerprint density at radius 2 is 1.25 bits per heavy atom. The van der Waals surface area contributed by atoms with Gasteiger partial charge in [-0.15, -0.1) is 0 Å². The fourth-order valence-electron chi connectivity index (χ4n) is 5.13. The van der Waals surface area contributed by atoms with E-state index < -0.39 is 30.7 Å². The van der Waals surface area contributed by atoms with E-state index in [0.717, 1.165) is 16.7 Å². The van der Waals surface area contributed by atoms with Gasteiger partial charge in [-0.05, 0) is 28.8 Å². The lowest BCUT2D eigenvalue weighted by Gasteiger charge is -2.45. The highest BCUT2D eigenvalue weighted by Crippen LogP contribution is 2.30. The number of ether oxygens (including phenoxy) is 5. The second-order valence-electron chi connectivity index (χ2n) is 10.5. The first-order chi connectivity index (χ1) is 21.7. The molecule has 0 saturated carbocycles. The van der Waals surface area contributed by atoms with E-state index in [1.165, 1.54) is 0 Å². The van der Waals surface area contributed by atoms with Crippen molar-refractivity contribution < 1.29 is 28.5 Å². The molecule has 1 heterocycles. The smallest absolute Gasteiger partial charge is 0.251 e. The summed E-state index contributed by atoms with van der Waals surface area (Å²) in [7, 11) is 1.58. The fourth-order valence-corrected chi connectivity index (χ4v) is 5.13. The minimum atomic E-state index is -0.752. The maximum Gasteiger partial charge on any atom is 0.251 e. The highest BCUT2D eigenvalue weighted by atomic mass is 16.7. The summed E-state index contributed by atoms with van der Waals surface area (Å²) in [6.45, 7) is 1.18. The van der Waals surface area contributed by atoms with Crippen molar-refractivity contribution in [3.63, 3.8) is 0 Å². The van der Waals surface area contributed by atoms with Crippen LogP contribution in [0.25, 0.3) is 6.08 Å². The van der Waals surface area contributed by atoms with Crippen molar-refractivity contribution in [3.05, 3.63) is 150 Å². The Morgan fingerprint density at radius 1 is 0.705 bits per heavy atom. The number of carbonyl (C=O) groups is 1. The SMILES string of the molecule is CO[C@H]1O[C@H](CNC(=O)c2ccccc2)[C@H](OC/C=C/c2ccccc2)[C@H](OCc2ccccc2)[C@H]1OCc1ccccc1. The average molecular weight is 594 g/mol. The van der Waals surface area contributed by atoms with Gasteiger partial charge in [-0.25, -0.2) is 0 Å². The van der Waals surface area contributed by atoms with Crippen LogP contribution in [0, 0.1) is 0 Å². The fraction of sp³-hybridized carbons (Fsp3) is 0.270. The lowest BCUT2D eigenvalue weighted by molar-refractivity contribution is -0.313. The molecule has 44 heavy (non-hydrogen) atoms. The largest absolute Gasteiger partial charge is 0.369 e. The maximum atomic E-state index is 13.0. The van der Waals surface area contributed by atoms with Crippen molar-refractivity contribution in [2.24, 2.45) is 0 Å². The molecule has 4 aromatic rings. The van der Waals surface area contributed by atoms with Crippen molar-refractivity contribution in [2.75, 3.05) is 20.3 Å². The van der Waals surface area contributed by atoms with Gasteiger partial charge in [0, 0.05) is 19.2 Å². The number of carbonyl (C=O) groups excluding carboxylic acids is 1. The van der Waals surface area contributed by atoms with Crippen LogP contribution in [0.5, 0.6) is 0 Å². The molecule has 0 radical (unpaired) electrons. The molecule has 1 amide bonds. The number of hydrogen-bond donors (Lipinski definition) is 1. The van der Waals surface area contributed by atoms with Gasteiger partial charge in [-0.3, -0.25) is 4.79 Å². The van der Waals surface area contributed by atoms with Crippen LogP contribution < -0.4 is 5.32 Å². The molecule has 1 aliphatic rings. The maximum absolute atomic E-state index is 13.0. The van der Waals surface area contributed by atoms with Gasteiger partial charge in [0.1, 0.15) is 24.4 Å². The van der Waals surface area contributed by atoms with Gasteiger partial charge in [-0.1, -0.05) is 121 Å². The van der Waals surface area contributed by atoms with Crippen molar-refractivity contribution >= 4 is 12.0 Å². The van der Waals surface area contributed by atoms with Crippen molar-refractivity contribution in [2.45, 2.75) is 43.9 Å². The van der Waals surface area contributed by atoms with Crippen LogP contribution in [0.1, 0.15) is 27.0 Å². The van der Waals surface area contributed by atoms with E-state index in [-0.39, 0.29) is 12.5 Å². The van der Waals surface area contributed by atoms with Gasteiger partial charge < -0.3 is 29.0 Å². The van der Waals surface area contributed by atoms with E-state index in [9.17, 15) is 4.79 Å². The average Bonchev–Trinajstić information content (AvgIpc) is 3.09. The normalized spacial score (nSPS) is 21.7. The van der Waals surface area contributed by atoms with Gasteiger partial charge in [0.05, 0.1) is 19.8 Å². The molecule has 4 aromatic carbocycles. The molecular weight excluding hydrogens is 554 g/mol. The molecule has 228 valence electrons. The number of hydrogen-bond acceptors (Lipinski definition) is 6. The Labute approximate surface area is 259 Å². The van der Waals surface area contributed by atoms with Gasteiger partial charge >= 0.3 is 0 Å². The molecule has 0 aromatic heterocycles. The molecule has 7 nitrogen and oxygen atoms in total. The number of amides is 1. The van der Waals surface area contributed by atoms with Gasteiger partial charge in [0.15, 0.2) is 6.29 Å². The third kappa shape index (κ3) is 8.95. The summed E-state index contributed by atoms with van der Waals surface area (Å²) in [6, 6.07) is 39.0. The first kappa shape index (κ1) is 31.3. The molecule has 0 unspecified atom stereocenters. The van der Waals surface area contributed by atoms with Crippen LogP contribution in [0.3, 0.4) is 0 Å². The molecule has 1 N–H and O–H groups in total. The summed E-state index contributed by atoms with van der Waals surface area (Å²) in [5, 5.41) is 3.01. The highest BCUT2D eigenvalue weighted by molar-refractivity contribution is 5.94. The summed E-state index contributed by atoms with van der Waals surface area (Å²) in [4.78, 5) is 13.0. The molecule has 0 spiro atoms. The molecule has 1 saturated heterocycles. The second kappa shape index (κ2) is 16.7. The topological polar surface area (TPSA) is 75.3 Å². The monoisotopic (exact) mass is 593 g/mol. The van der Waals surface area contributed by atoms with Crippen molar-refractivity contribution in [1.82, 2.24) is 5.32 Å². The number of rotatable bonds is 14. The quantitative estimate of drug-likeness (QED) is 0.192. The zero-order chi connectivity index (χ0) is 30.4. The first-order valence-corrected chi connectivity index (χ1v) is 14.9. The van der Waals surface area contributed by atoms with Crippen LogP contribution in [-0.4, -0.2) is 56.9 Å². The highest BCUT2D eigenvalue weighted by Gasteiger charge is 2.48. The minimum Gasteiger partial charge on any atom is -0.369 e. The Bertz CT molecular complexity index is 1420. The summed E-state index contributed by atoms with van der Waals surface area (Å²) in [5.41, 5.74) is 3.68. The van der Waals surface area contributed by atoms with Crippen molar-refractivity contribution in [3.8, 4) is 0 Å². The lowest BCUT2D eigenvalue weighted by Crippen LogP contribution is -2.62. The zero-order valence-electron chi connectivity index (χ0n) is 24.9. The summed E-state index contributed by atoms with van der Waals surface area (Å²) >= 11 is 0. The zero-order valence-corrected chi connectivity index (χ0v) is 24.9. The third-order valence-electron chi connectivity index (χ3n) is 7.39. The van der Waals surface area contributed by atoms with E-state index in [0.29, 0.717) is 25.4 Å². The predicted octanol–water partition coefficient (Wildman–Crippen LogP) is 6.06. The molecule has 0 aliphatic carbocycles. The Morgan fingerprint density at radius 3 is 1.84 bits per heavy atom. The molecule has 7 heteroatoms. The number of nitrogens with one attached hydrogen (secondary N) is 1. The molecule has 0 bridgehead atoms. The standard InChI is InChI=1S/C37H39NO6/c1-40-37-35(43-27-30-19-10-4-11-20-30)34(42-26-29-17-8-3-9-18-29)33(41-24-14-21-28-15-6-2-7-16-28)32(44-37)25-38-36(39)31-22-12-5-13-23-31/h2-23,32-35,37H,24-27H2,1H3,(H,38,39)/b21-14+/t32-,33+,34+,35-,37+/m1/s1. The Kier molecular flexibility index (Phi) is 11.9. The van der Waals surface area contributed by atoms with Crippen LogP contribution in [-0.2, 0) is 36.9 Å². The van der Waals surface area contributed by atoms with Crippen molar-refractivity contribution in [1.29, 1.82) is 0 Å². The number of methoxy groups -OCH3 is 1. The summed E-state index contributed by atoms with van der Waals surface area (Å²) < 4.78 is 31.8. The Hall–Kier alpha value is -4.11. The number of benzene rings is 4. The lowest BCUT2D eigenvalue weighted by atomic mass is 9.97. The molecule has 1 aliphatic heterocycles. The van der Waals surface area contributed by atoms with Crippen LogP contribution in [0.2, 0.25) is 0 Å². The second-order valence-corrected chi connectivity index (χ2v) is 10.5. The molecule has 5 rings (SSSR count). The van der Waals surface area contributed by atoms with Gasteiger partial charge in [0.25, 0.3) is 5.91 Å². The first-order valence-electron chi connectivity index (χ1n) is 14.9. The van der Waals surface area contributed by atoms with Crippen LogP contribution >= 0.6 is 0 Å². The van der Waals surface area contributed by atoms with E-state index in [1.54, 1.807) is 19.2 Å². The minimum absolute atomic E-state index is 0.192. The molecule has 1 fully saturated rings. The van der Waals surface area contributed by atoms with E-state index >= 15 is 0 Å². The Balaban J connectivity index is 1.39. The van der Waals surface area contributed by atoms with E-state index in [4.69, 9.17) is 23.7 Å². The van der Waals surface area contributed by atoms with Gasteiger partial charge in [0.2, 0.25) is 0 Å². The third-order valence-corrected chi connectivity index (χ3v) is 7.39. The summed E-state index contributed by atoms with van der Waals surface area (Å²) in [6.07, 6.45) is 0.896. The predicted molar refractivity (Wildman–Crippen MR) is 170 cm³/mol. The molecule has 5 atom stereocenters. The van der Waals surface area contributed by atoms with E-state index in [1.807, 2.05) is 121 Å². The molecular formula is C37H39NO6. The van der Waals surface area contributed by atoms with Gasteiger partial charge in [-0.2, -0.15) is 0 Å². The summed E-state index contributed by atoms with van der Waals surface area (Å²) in [5.74, 6) is -0.199. The van der Waals surface area contributed by atoms with E-state index in [2.05, 4.69) is 5.32 Å².